The molecule has 0 heterocycles. The number of nitriles is 1. The van der Waals surface area contributed by atoms with Gasteiger partial charge in [-0.1, -0.05) is 19.4 Å². The van der Waals surface area contributed by atoms with E-state index in [0.717, 1.165) is 54.8 Å². The van der Waals surface area contributed by atoms with Crippen LogP contribution in [0, 0.1) is 69.5 Å². The second kappa shape index (κ2) is 5.74. The van der Waals surface area contributed by atoms with Crippen molar-refractivity contribution in [3.8, 4) is 6.07 Å². The van der Waals surface area contributed by atoms with E-state index in [-0.39, 0.29) is 10.8 Å². The molecular weight excluding hydrogens is 342 g/mol. The SMILES string of the molecule is CCC1(C#N)[C@H]2C[C@H]2[C@H]2[C@H]3[C@H](CC[C@@]21CC)[C@H]1CCC(=O)C=C1C[C@@H]3C1CC1. The highest BCUT2D eigenvalue weighted by molar-refractivity contribution is 5.91. The summed E-state index contributed by atoms with van der Waals surface area (Å²) in [5, 5.41) is 10.5. The Morgan fingerprint density at radius 3 is 2.61 bits per heavy atom. The largest absolute Gasteiger partial charge is 0.295 e. The summed E-state index contributed by atoms with van der Waals surface area (Å²) >= 11 is 0. The molecule has 150 valence electrons. The molecule has 5 fully saturated rings. The van der Waals surface area contributed by atoms with Gasteiger partial charge in [0, 0.05) is 6.42 Å². The maximum absolute atomic E-state index is 12.2. The van der Waals surface area contributed by atoms with Gasteiger partial charge in [0.25, 0.3) is 0 Å². The molecule has 0 bridgehead atoms. The molecule has 0 spiro atoms. The third-order valence-electron chi connectivity index (χ3n) is 10.9. The number of ketones is 1. The third-order valence-corrected chi connectivity index (χ3v) is 10.9. The summed E-state index contributed by atoms with van der Waals surface area (Å²) in [6.07, 6.45) is 14.2. The van der Waals surface area contributed by atoms with Crippen LogP contribution in [-0.2, 0) is 4.79 Å². The summed E-state index contributed by atoms with van der Waals surface area (Å²) in [5.74, 6) is 6.76. The molecule has 0 N–H and O–H groups in total. The first-order valence-electron chi connectivity index (χ1n) is 12.2. The number of carbonyl (C=O) groups excluding carboxylic acids is 1. The lowest BCUT2D eigenvalue weighted by molar-refractivity contribution is -0.118. The highest BCUT2D eigenvalue weighted by Gasteiger charge is 2.77. The molecule has 1 unspecified atom stereocenters. The molecule has 2 nitrogen and oxygen atoms in total. The van der Waals surface area contributed by atoms with Crippen LogP contribution in [0.3, 0.4) is 0 Å². The van der Waals surface area contributed by atoms with E-state index in [1.165, 1.54) is 50.5 Å². The van der Waals surface area contributed by atoms with Gasteiger partial charge < -0.3 is 0 Å². The number of carbonyl (C=O) groups is 1. The lowest BCUT2D eigenvalue weighted by Gasteiger charge is -2.60. The molecule has 0 aromatic rings. The fourth-order valence-electron chi connectivity index (χ4n) is 9.83. The lowest BCUT2D eigenvalue weighted by atomic mass is 9.43. The Hall–Kier alpha value is -1.10. The summed E-state index contributed by atoms with van der Waals surface area (Å²) in [6, 6.07) is 2.97. The highest BCUT2D eigenvalue weighted by atomic mass is 16.1. The maximum Gasteiger partial charge on any atom is 0.155 e. The van der Waals surface area contributed by atoms with Gasteiger partial charge in [0.15, 0.2) is 5.78 Å². The molecule has 0 amide bonds. The van der Waals surface area contributed by atoms with E-state index in [0.29, 0.717) is 17.6 Å². The van der Waals surface area contributed by atoms with Gasteiger partial charge in [0.05, 0.1) is 11.5 Å². The summed E-state index contributed by atoms with van der Waals surface area (Å²) in [4.78, 5) is 12.2. The summed E-state index contributed by atoms with van der Waals surface area (Å²) in [5.41, 5.74) is 1.77. The monoisotopic (exact) mass is 377 g/mol. The van der Waals surface area contributed by atoms with Crippen LogP contribution >= 0.6 is 0 Å². The molecule has 0 saturated heterocycles. The summed E-state index contributed by atoms with van der Waals surface area (Å²) in [6.45, 7) is 4.71. The number of hydrogen-bond donors (Lipinski definition) is 0. The van der Waals surface area contributed by atoms with E-state index in [4.69, 9.17) is 0 Å². The molecule has 0 aromatic carbocycles. The predicted molar refractivity (Wildman–Crippen MR) is 109 cm³/mol. The van der Waals surface area contributed by atoms with E-state index >= 15 is 0 Å². The number of hydrogen-bond acceptors (Lipinski definition) is 2. The second-order valence-electron chi connectivity index (χ2n) is 11.3. The van der Waals surface area contributed by atoms with Crippen LogP contribution in [-0.4, -0.2) is 5.78 Å². The molecule has 6 rings (SSSR count). The normalized spacial score (nSPS) is 54.0. The van der Waals surface area contributed by atoms with Crippen LogP contribution in [0.2, 0.25) is 0 Å². The molecule has 28 heavy (non-hydrogen) atoms. The van der Waals surface area contributed by atoms with E-state index in [9.17, 15) is 10.1 Å². The smallest absolute Gasteiger partial charge is 0.155 e. The van der Waals surface area contributed by atoms with Crippen molar-refractivity contribution in [2.45, 2.75) is 78.1 Å². The summed E-state index contributed by atoms with van der Waals surface area (Å²) < 4.78 is 0. The van der Waals surface area contributed by atoms with E-state index in [1.807, 2.05) is 0 Å². The Bertz CT molecular complexity index is 787. The van der Waals surface area contributed by atoms with Crippen molar-refractivity contribution in [1.82, 2.24) is 0 Å². The van der Waals surface area contributed by atoms with Crippen LogP contribution in [0.15, 0.2) is 11.6 Å². The first-order chi connectivity index (χ1) is 13.6. The van der Waals surface area contributed by atoms with Crippen LogP contribution in [0.5, 0.6) is 0 Å². The molecule has 6 aliphatic carbocycles. The predicted octanol–water partition coefficient (Wildman–Crippen LogP) is 5.93. The minimum absolute atomic E-state index is 0.0468. The Morgan fingerprint density at radius 2 is 1.93 bits per heavy atom. The minimum Gasteiger partial charge on any atom is -0.295 e. The zero-order valence-electron chi connectivity index (χ0n) is 17.6. The van der Waals surface area contributed by atoms with Crippen molar-refractivity contribution in [2.75, 3.05) is 0 Å². The van der Waals surface area contributed by atoms with E-state index < -0.39 is 0 Å². The van der Waals surface area contributed by atoms with Gasteiger partial charge in [-0.3, -0.25) is 4.79 Å². The lowest BCUT2D eigenvalue weighted by Crippen LogP contribution is -2.55. The Balaban J connectivity index is 1.46. The van der Waals surface area contributed by atoms with Crippen molar-refractivity contribution in [3.63, 3.8) is 0 Å². The molecule has 5 saturated carbocycles. The average molecular weight is 378 g/mol. The van der Waals surface area contributed by atoms with Crippen LogP contribution in [0.1, 0.15) is 78.1 Å². The van der Waals surface area contributed by atoms with E-state index in [1.54, 1.807) is 0 Å². The molecule has 0 aromatic heterocycles. The fraction of sp³-hybridized carbons (Fsp3) is 0.846. The quantitative estimate of drug-likeness (QED) is 0.611. The molecule has 2 heteroatoms. The topological polar surface area (TPSA) is 40.9 Å². The van der Waals surface area contributed by atoms with Gasteiger partial charge in [0.2, 0.25) is 0 Å². The Labute approximate surface area is 170 Å². The van der Waals surface area contributed by atoms with Crippen LogP contribution < -0.4 is 0 Å². The average Bonchev–Trinajstić information content (AvgIpc) is 3.63. The number of nitrogens with zero attached hydrogens (tertiary/aromatic N) is 1. The Kier molecular flexibility index (Phi) is 3.63. The van der Waals surface area contributed by atoms with Crippen LogP contribution in [0.25, 0.3) is 0 Å². The highest BCUT2D eigenvalue weighted by Crippen LogP contribution is 2.81. The Morgan fingerprint density at radius 1 is 1.11 bits per heavy atom. The summed E-state index contributed by atoms with van der Waals surface area (Å²) in [7, 11) is 0. The molecule has 0 radical (unpaired) electrons. The number of fused-ring (bicyclic) bond motifs is 7. The van der Waals surface area contributed by atoms with Crippen molar-refractivity contribution < 1.29 is 4.79 Å². The molecule has 6 aliphatic rings. The number of rotatable bonds is 3. The minimum atomic E-state index is -0.0468. The van der Waals surface area contributed by atoms with Crippen molar-refractivity contribution >= 4 is 5.78 Å². The van der Waals surface area contributed by atoms with Crippen molar-refractivity contribution in [1.29, 1.82) is 5.26 Å². The molecule has 9 atom stereocenters. The number of allylic oxidation sites excluding steroid dienone is 1. The van der Waals surface area contributed by atoms with Crippen LogP contribution in [0.4, 0.5) is 0 Å². The van der Waals surface area contributed by atoms with Crippen molar-refractivity contribution in [3.05, 3.63) is 11.6 Å². The standard InChI is InChI=1S/C26H35NO/c1-3-25-10-9-19-18-8-7-17(28)11-16(18)12-20(15-5-6-15)23(19)24(25)21-13-22(21)26(25,4-2)14-27/h11,15,18-24H,3-10,12-13H2,1-2H3/t18-,19+,20+,21+,22-,23-,24-,25-,26?/m0/s1. The van der Waals surface area contributed by atoms with E-state index in [2.05, 4.69) is 26.0 Å². The third kappa shape index (κ3) is 1.97. The first kappa shape index (κ1) is 17.7. The maximum atomic E-state index is 12.2. The fourth-order valence-corrected chi connectivity index (χ4v) is 9.83. The zero-order chi connectivity index (χ0) is 19.3. The first-order valence-corrected chi connectivity index (χ1v) is 12.2. The van der Waals surface area contributed by atoms with Gasteiger partial charge in [0.1, 0.15) is 0 Å². The van der Waals surface area contributed by atoms with Crippen molar-refractivity contribution in [2.24, 2.45) is 58.2 Å². The van der Waals surface area contributed by atoms with Gasteiger partial charge in [-0.2, -0.15) is 5.26 Å². The van der Waals surface area contributed by atoms with Gasteiger partial charge in [-0.25, -0.2) is 0 Å². The second-order valence-corrected chi connectivity index (χ2v) is 11.3. The van der Waals surface area contributed by atoms with Gasteiger partial charge in [-0.05, 0) is 117 Å². The zero-order valence-corrected chi connectivity index (χ0v) is 17.6. The van der Waals surface area contributed by atoms with Gasteiger partial charge in [-0.15, -0.1) is 0 Å². The molecular formula is C26H35NO. The van der Waals surface area contributed by atoms with Gasteiger partial charge >= 0.3 is 0 Å². The molecule has 0 aliphatic heterocycles.